The third-order valence-electron chi connectivity index (χ3n) is 3.72. The fourth-order valence-corrected chi connectivity index (χ4v) is 2.93. The van der Waals surface area contributed by atoms with Crippen LogP contribution in [0.5, 0.6) is 0 Å². The summed E-state index contributed by atoms with van der Waals surface area (Å²) in [5.74, 6) is 0.406. The van der Waals surface area contributed by atoms with Gasteiger partial charge in [0.2, 0.25) is 0 Å². The Morgan fingerprint density at radius 2 is 2.33 bits per heavy atom. The van der Waals surface area contributed by atoms with Crippen molar-refractivity contribution in [3.05, 3.63) is 29.6 Å². The largest absolute Gasteiger partial charge is 0.369 e. The van der Waals surface area contributed by atoms with E-state index in [-0.39, 0.29) is 5.82 Å². The van der Waals surface area contributed by atoms with Crippen LogP contribution in [0.25, 0.3) is 0 Å². The van der Waals surface area contributed by atoms with Crippen molar-refractivity contribution in [2.24, 2.45) is 0 Å². The Labute approximate surface area is 89.1 Å². The summed E-state index contributed by atoms with van der Waals surface area (Å²) in [7, 11) is 2.11. The smallest absolute Gasteiger partial charge is 0.123 e. The van der Waals surface area contributed by atoms with E-state index in [1.54, 1.807) is 12.1 Å². The Hall–Kier alpha value is -1.09. The standard InChI is InChI=1S/C12H15FN2/c1-15-11-3-2-8(13)6-10(11)9-4-5-14-7-12(9)15/h2-3,6,9,12,14H,4-5,7H2,1H3. The predicted molar refractivity (Wildman–Crippen MR) is 58.8 cm³/mol. The van der Waals surface area contributed by atoms with E-state index < -0.39 is 0 Å². The van der Waals surface area contributed by atoms with Gasteiger partial charge in [-0.2, -0.15) is 0 Å². The molecule has 3 rings (SSSR count). The lowest BCUT2D eigenvalue weighted by Crippen LogP contribution is -2.44. The van der Waals surface area contributed by atoms with Crippen LogP contribution in [0, 0.1) is 5.82 Å². The van der Waals surface area contributed by atoms with Gasteiger partial charge in [-0.05, 0) is 36.7 Å². The summed E-state index contributed by atoms with van der Waals surface area (Å²) in [5, 5.41) is 3.40. The average molecular weight is 206 g/mol. The Kier molecular flexibility index (Phi) is 1.96. The van der Waals surface area contributed by atoms with Crippen molar-refractivity contribution in [2.75, 3.05) is 25.0 Å². The lowest BCUT2D eigenvalue weighted by atomic mass is 9.89. The molecule has 1 aromatic carbocycles. The summed E-state index contributed by atoms with van der Waals surface area (Å²) in [6.07, 6.45) is 1.12. The summed E-state index contributed by atoms with van der Waals surface area (Å²) in [6.45, 7) is 2.06. The minimum atomic E-state index is -0.110. The Morgan fingerprint density at radius 1 is 1.47 bits per heavy atom. The van der Waals surface area contributed by atoms with E-state index in [4.69, 9.17) is 0 Å². The van der Waals surface area contributed by atoms with Crippen molar-refractivity contribution in [1.29, 1.82) is 0 Å². The molecule has 0 saturated carbocycles. The highest BCUT2D eigenvalue weighted by Gasteiger charge is 2.37. The third kappa shape index (κ3) is 1.26. The van der Waals surface area contributed by atoms with Gasteiger partial charge in [0.1, 0.15) is 5.82 Å². The molecule has 0 aromatic heterocycles. The number of hydrogen-bond acceptors (Lipinski definition) is 2. The first-order valence-corrected chi connectivity index (χ1v) is 5.50. The predicted octanol–water partition coefficient (Wildman–Crippen LogP) is 1.72. The van der Waals surface area contributed by atoms with E-state index in [1.807, 2.05) is 6.07 Å². The van der Waals surface area contributed by atoms with Crippen molar-refractivity contribution in [2.45, 2.75) is 18.4 Å². The monoisotopic (exact) mass is 206 g/mol. The lowest BCUT2D eigenvalue weighted by molar-refractivity contribution is 0.413. The van der Waals surface area contributed by atoms with Gasteiger partial charge in [0.15, 0.2) is 0 Å². The molecule has 1 aromatic rings. The van der Waals surface area contributed by atoms with Crippen molar-refractivity contribution in [3.8, 4) is 0 Å². The Morgan fingerprint density at radius 3 is 3.20 bits per heavy atom. The molecule has 2 nitrogen and oxygen atoms in total. The fourth-order valence-electron chi connectivity index (χ4n) is 2.93. The van der Waals surface area contributed by atoms with Crippen LogP contribution in [0.2, 0.25) is 0 Å². The number of hydrogen-bond donors (Lipinski definition) is 1. The molecule has 0 amide bonds. The minimum absolute atomic E-state index is 0.110. The number of nitrogens with one attached hydrogen (secondary N) is 1. The molecule has 0 spiro atoms. The zero-order valence-corrected chi connectivity index (χ0v) is 8.83. The second kappa shape index (κ2) is 3.20. The van der Waals surface area contributed by atoms with Crippen LogP contribution >= 0.6 is 0 Å². The number of benzene rings is 1. The summed E-state index contributed by atoms with van der Waals surface area (Å²) in [5.41, 5.74) is 2.40. The lowest BCUT2D eigenvalue weighted by Gasteiger charge is -2.31. The summed E-state index contributed by atoms with van der Waals surface area (Å²) in [4.78, 5) is 2.28. The highest BCUT2D eigenvalue weighted by Crippen LogP contribution is 2.42. The van der Waals surface area contributed by atoms with Gasteiger partial charge in [-0.25, -0.2) is 4.39 Å². The number of nitrogens with zero attached hydrogens (tertiary/aromatic N) is 1. The number of likely N-dealkylation sites (N-methyl/N-ethyl adjacent to an activating group) is 1. The molecule has 2 aliphatic rings. The maximum absolute atomic E-state index is 13.2. The van der Waals surface area contributed by atoms with Gasteiger partial charge in [-0.15, -0.1) is 0 Å². The highest BCUT2D eigenvalue weighted by molar-refractivity contribution is 5.61. The van der Waals surface area contributed by atoms with Gasteiger partial charge < -0.3 is 10.2 Å². The van der Waals surface area contributed by atoms with Gasteiger partial charge in [0, 0.05) is 31.2 Å². The molecule has 0 aliphatic carbocycles. The first-order chi connectivity index (χ1) is 7.27. The topological polar surface area (TPSA) is 15.3 Å². The second-order valence-corrected chi connectivity index (χ2v) is 4.48. The first-order valence-electron chi connectivity index (χ1n) is 5.50. The van der Waals surface area contributed by atoms with E-state index in [2.05, 4.69) is 17.3 Å². The van der Waals surface area contributed by atoms with Crippen LogP contribution in [-0.2, 0) is 0 Å². The molecule has 2 unspecified atom stereocenters. The van der Waals surface area contributed by atoms with Gasteiger partial charge in [-0.3, -0.25) is 0 Å². The van der Waals surface area contributed by atoms with Crippen LogP contribution in [0.3, 0.4) is 0 Å². The minimum Gasteiger partial charge on any atom is -0.369 e. The van der Waals surface area contributed by atoms with Gasteiger partial charge in [0.25, 0.3) is 0 Å². The second-order valence-electron chi connectivity index (χ2n) is 4.48. The van der Waals surface area contributed by atoms with Crippen molar-refractivity contribution in [1.82, 2.24) is 5.32 Å². The van der Waals surface area contributed by atoms with Gasteiger partial charge >= 0.3 is 0 Å². The summed E-state index contributed by atoms with van der Waals surface area (Å²) < 4.78 is 13.2. The molecule has 2 heterocycles. The molecule has 0 bridgehead atoms. The van der Waals surface area contributed by atoms with E-state index in [0.717, 1.165) is 19.5 Å². The molecule has 2 atom stereocenters. The number of anilines is 1. The molecule has 1 N–H and O–H groups in total. The molecule has 3 heteroatoms. The van der Waals surface area contributed by atoms with E-state index in [0.29, 0.717) is 12.0 Å². The van der Waals surface area contributed by atoms with Crippen molar-refractivity contribution in [3.63, 3.8) is 0 Å². The molecule has 2 aliphatic heterocycles. The molecule has 0 radical (unpaired) electrons. The van der Waals surface area contributed by atoms with Crippen LogP contribution < -0.4 is 10.2 Å². The zero-order valence-electron chi connectivity index (χ0n) is 8.83. The van der Waals surface area contributed by atoms with Crippen LogP contribution in [0.1, 0.15) is 17.9 Å². The normalized spacial score (nSPS) is 28.8. The summed E-state index contributed by atoms with van der Waals surface area (Å²) >= 11 is 0. The van der Waals surface area contributed by atoms with Crippen LogP contribution in [0.4, 0.5) is 10.1 Å². The Bertz CT molecular complexity index is 391. The Balaban J connectivity index is 2.07. The number of halogens is 1. The number of fused-ring (bicyclic) bond motifs is 3. The van der Waals surface area contributed by atoms with Crippen molar-refractivity contribution >= 4 is 5.69 Å². The van der Waals surface area contributed by atoms with Gasteiger partial charge in [-0.1, -0.05) is 0 Å². The molecular formula is C12H15FN2. The third-order valence-corrected chi connectivity index (χ3v) is 3.72. The van der Waals surface area contributed by atoms with E-state index in [9.17, 15) is 4.39 Å². The zero-order chi connectivity index (χ0) is 10.4. The van der Waals surface area contributed by atoms with Gasteiger partial charge in [0.05, 0.1) is 0 Å². The average Bonchev–Trinajstić information content (AvgIpc) is 2.54. The van der Waals surface area contributed by atoms with Crippen LogP contribution in [-0.4, -0.2) is 26.2 Å². The fraction of sp³-hybridized carbons (Fsp3) is 0.500. The van der Waals surface area contributed by atoms with E-state index >= 15 is 0 Å². The molecule has 15 heavy (non-hydrogen) atoms. The molecule has 1 fully saturated rings. The van der Waals surface area contributed by atoms with E-state index in [1.165, 1.54) is 11.3 Å². The quantitative estimate of drug-likeness (QED) is 0.695. The highest BCUT2D eigenvalue weighted by atomic mass is 19.1. The maximum Gasteiger partial charge on any atom is 0.123 e. The SMILES string of the molecule is CN1c2ccc(F)cc2C2CCNCC21. The van der Waals surface area contributed by atoms with Crippen LogP contribution in [0.15, 0.2) is 18.2 Å². The number of rotatable bonds is 0. The summed E-state index contributed by atoms with van der Waals surface area (Å²) in [6, 6.07) is 5.68. The molecule has 80 valence electrons. The molecular weight excluding hydrogens is 191 g/mol. The maximum atomic E-state index is 13.2. The number of piperidine rings is 1. The molecule has 1 saturated heterocycles. The van der Waals surface area contributed by atoms with Crippen molar-refractivity contribution < 1.29 is 4.39 Å². The first kappa shape index (κ1) is 9.16.